The molecule has 1 aromatic rings. The zero-order chi connectivity index (χ0) is 32.2. The van der Waals surface area contributed by atoms with Gasteiger partial charge in [0.1, 0.15) is 17.4 Å². The van der Waals surface area contributed by atoms with E-state index in [2.05, 4.69) is 34.6 Å². The first-order valence-electron chi connectivity index (χ1n) is 16.0. The van der Waals surface area contributed by atoms with Crippen LogP contribution in [-0.4, -0.2) is 87.8 Å². The third-order valence-electron chi connectivity index (χ3n) is 9.77. The molecular weight excluding hydrogens is 558 g/mol. The molecule has 0 radical (unpaired) electrons. The Hall–Kier alpha value is -3.17. The summed E-state index contributed by atoms with van der Waals surface area (Å²) in [5, 5.41) is 10.3. The van der Waals surface area contributed by atoms with Crippen LogP contribution in [0, 0.1) is 17.3 Å². The van der Waals surface area contributed by atoms with Gasteiger partial charge in [0, 0.05) is 24.3 Å². The summed E-state index contributed by atoms with van der Waals surface area (Å²) in [5.74, 6) is -1.86. The molecular formula is C35H49N3O6. The zero-order valence-electron chi connectivity index (χ0n) is 27.5. The molecule has 0 saturated carbocycles. The molecule has 4 aliphatic rings. The summed E-state index contributed by atoms with van der Waals surface area (Å²) in [5.41, 5.74) is -2.32. The van der Waals surface area contributed by atoms with E-state index >= 15 is 0 Å². The summed E-state index contributed by atoms with van der Waals surface area (Å²) < 4.78 is 12.7. The molecule has 1 N–H and O–H groups in total. The van der Waals surface area contributed by atoms with Gasteiger partial charge in [-0.1, -0.05) is 52.0 Å². The van der Waals surface area contributed by atoms with Crippen molar-refractivity contribution in [3.8, 4) is 5.75 Å². The summed E-state index contributed by atoms with van der Waals surface area (Å²) in [7, 11) is 0. The number of aliphatic hydroxyl groups excluding tert-OH is 1. The molecule has 6 atom stereocenters. The average Bonchev–Trinajstić information content (AvgIpc) is 3.24. The number of amides is 3. The van der Waals surface area contributed by atoms with Crippen molar-refractivity contribution in [2.45, 2.75) is 97.1 Å². The van der Waals surface area contributed by atoms with Gasteiger partial charge in [0.2, 0.25) is 17.7 Å². The highest BCUT2D eigenvalue weighted by Gasteiger charge is 2.76. The molecule has 3 amide bonds. The van der Waals surface area contributed by atoms with E-state index in [0.717, 1.165) is 6.42 Å². The van der Waals surface area contributed by atoms with Gasteiger partial charge < -0.3 is 29.3 Å². The van der Waals surface area contributed by atoms with Crippen LogP contribution in [-0.2, 0) is 19.1 Å². The largest absolute Gasteiger partial charge is 0.494 e. The van der Waals surface area contributed by atoms with Crippen LogP contribution in [0.5, 0.6) is 5.75 Å². The number of fused-ring (bicyclic) bond motifs is 2. The Bertz CT molecular complexity index is 1350. The Kier molecular flexibility index (Phi) is 8.29. The van der Waals surface area contributed by atoms with Crippen LogP contribution in [0.15, 0.2) is 48.6 Å². The van der Waals surface area contributed by atoms with Crippen molar-refractivity contribution in [3.05, 3.63) is 48.6 Å². The van der Waals surface area contributed by atoms with E-state index < -0.39 is 40.7 Å². The Morgan fingerprint density at radius 2 is 1.61 bits per heavy atom. The topological polar surface area (TPSA) is 99.6 Å². The van der Waals surface area contributed by atoms with E-state index in [-0.39, 0.29) is 29.7 Å². The summed E-state index contributed by atoms with van der Waals surface area (Å²) >= 11 is 0. The van der Waals surface area contributed by atoms with Gasteiger partial charge in [0.15, 0.2) is 0 Å². The second kappa shape index (κ2) is 11.3. The number of hydrogen-bond acceptors (Lipinski definition) is 6. The molecule has 1 spiro atoms. The normalized spacial score (nSPS) is 31.1. The first-order chi connectivity index (χ1) is 20.7. The molecule has 9 nitrogen and oxygen atoms in total. The van der Waals surface area contributed by atoms with Crippen LogP contribution in [0.4, 0.5) is 5.69 Å². The summed E-state index contributed by atoms with van der Waals surface area (Å²) in [4.78, 5) is 49.2. The first-order valence-corrected chi connectivity index (χ1v) is 16.0. The van der Waals surface area contributed by atoms with Crippen molar-refractivity contribution in [2.24, 2.45) is 17.3 Å². The van der Waals surface area contributed by atoms with E-state index in [0.29, 0.717) is 37.6 Å². The number of anilines is 1. The molecule has 9 heteroatoms. The lowest BCUT2D eigenvalue weighted by Crippen LogP contribution is -2.61. The van der Waals surface area contributed by atoms with Gasteiger partial charge in [0.05, 0.1) is 36.7 Å². The van der Waals surface area contributed by atoms with Crippen molar-refractivity contribution in [2.75, 3.05) is 31.2 Å². The molecule has 2 saturated heterocycles. The Morgan fingerprint density at radius 1 is 0.955 bits per heavy atom. The van der Waals surface area contributed by atoms with Gasteiger partial charge in [-0.3, -0.25) is 14.4 Å². The lowest BCUT2D eigenvalue weighted by atomic mass is 9.72. The number of carbonyl (C=O) groups excluding carboxylic acids is 3. The molecule has 5 rings (SSSR count). The third-order valence-corrected chi connectivity index (χ3v) is 9.77. The molecule has 240 valence electrons. The molecule has 4 heterocycles. The summed E-state index contributed by atoms with van der Waals surface area (Å²) in [6, 6.07) is 5.72. The fourth-order valence-electron chi connectivity index (χ4n) is 8.32. The molecule has 2 fully saturated rings. The maximum Gasteiger partial charge on any atom is 0.249 e. The van der Waals surface area contributed by atoms with Crippen LogP contribution in [0.1, 0.15) is 68.2 Å². The fourth-order valence-corrected chi connectivity index (χ4v) is 8.32. The molecule has 0 bridgehead atoms. The number of rotatable bonds is 8. The minimum atomic E-state index is -1.37. The quantitative estimate of drug-likeness (QED) is 0.442. The third kappa shape index (κ3) is 5.06. The predicted molar refractivity (Wildman–Crippen MR) is 169 cm³/mol. The number of nitrogens with zero attached hydrogens (tertiary/aromatic N) is 3. The molecule has 0 aliphatic carbocycles. The van der Waals surface area contributed by atoms with E-state index in [1.54, 1.807) is 11.8 Å². The number of ether oxygens (including phenoxy) is 2. The Labute approximate surface area is 261 Å². The van der Waals surface area contributed by atoms with Crippen molar-refractivity contribution in [3.63, 3.8) is 0 Å². The average molecular weight is 608 g/mol. The highest BCUT2D eigenvalue weighted by atomic mass is 16.5. The maximum absolute atomic E-state index is 14.8. The molecule has 1 unspecified atom stereocenters. The van der Waals surface area contributed by atoms with Gasteiger partial charge in [0.25, 0.3) is 0 Å². The minimum absolute atomic E-state index is 0.0472. The summed E-state index contributed by atoms with van der Waals surface area (Å²) in [6.07, 6.45) is 8.88. The van der Waals surface area contributed by atoms with Gasteiger partial charge in [-0.2, -0.15) is 0 Å². The van der Waals surface area contributed by atoms with Crippen LogP contribution in [0.2, 0.25) is 0 Å². The molecule has 4 aliphatic heterocycles. The zero-order valence-corrected chi connectivity index (χ0v) is 27.5. The fraction of sp³-hybridized carbons (Fsp3) is 0.629. The Morgan fingerprint density at radius 3 is 2.20 bits per heavy atom. The van der Waals surface area contributed by atoms with Gasteiger partial charge >= 0.3 is 0 Å². The second-order valence-electron chi connectivity index (χ2n) is 14.6. The smallest absolute Gasteiger partial charge is 0.249 e. The first kappa shape index (κ1) is 32.2. The number of aliphatic hydroxyl groups is 1. The van der Waals surface area contributed by atoms with E-state index in [1.165, 1.54) is 4.90 Å². The van der Waals surface area contributed by atoms with Crippen molar-refractivity contribution in [1.29, 1.82) is 0 Å². The Balaban J connectivity index is 1.62. The van der Waals surface area contributed by atoms with E-state index in [9.17, 15) is 19.5 Å². The van der Waals surface area contributed by atoms with Crippen molar-refractivity contribution < 1.29 is 29.0 Å². The van der Waals surface area contributed by atoms with E-state index in [4.69, 9.17) is 9.47 Å². The number of hydrogen-bond donors (Lipinski definition) is 1. The lowest BCUT2D eigenvalue weighted by molar-refractivity contribution is -0.158. The van der Waals surface area contributed by atoms with Crippen LogP contribution >= 0.6 is 0 Å². The second-order valence-corrected chi connectivity index (χ2v) is 14.6. The lowest BCUT2D eigenvalue weighted by Gasteiger charge is -2.45. The van der Waals surface area contributed by atoms with Crippen molar-refractivity contribution >= 4 is 23.4 Å². The van der Waals surface area contributed by atoms with E-state index in [1.807, 2.05) is 67.3 Å². The highest BCUT2D eigenvalue weighted by Crippen LogP contribution is 2.59. The number of likely N-dealkylation sites (tertiary alicyclic amines) is 1. The molecule has 1 aromatic carbocycles. The summed E-state index contributed by atoms with van der Waals surface area (Å²) in [6.45, 7) is 17.1. The van der Waals surface area contributed by atoms with Gasteiger partial charge in [-0.05, 0) is 70.2 Å². The SMILES string of the molecule is CCOc1ccc(N2CC=C[C@@]3(CC)O[C@]45C=CCN(C(C)(C)CC(C)(C)C)C(=O)C4N([C@H](C)CO)C(=O)[C@@H]5[C@H]3C2=O)cc1. The molecule has 44 heavy (non-hydrogen) atoms. The number of benzene rings is 1. The standard InChI is InChI=1S/C35H49N3O6/c1-9-34-17-11-19-36(24-13-15-25(16-14-24)43-10-2)29(40)26(34)27-30(41)38(23(3)21-39)28-31(42)37(20-12-18-35(27,28)44-34)33(7,8)22-32(4,5)6/h11-18,23,26-28,39H,9-10,19-22H2,1-8H3/t23-,26+,27+,28?,34-,35+/m1/s1. The predicted octanol–water partition coefficient (Wildman–Crippen LogP) is 4.34. The van der Waals surface area contributed by atoms with Crippen molar-refractivity contribution in [1.82, 2.24) is 9.80 Å². The van der Waals surface area contributed by atoms with Gasteiger partial charge in [-0.25, -0.2) is 0 Å². The van der Waals surface area contributed by atoms with Crippen LogP contribution in [0.3, 0.4) is 0 Å². The van der Waals surface area contributed by atoms with Crippen LogP contribution in [0.25, 0.3) is 0 Å². The molecule has 0 aromatic heterocycles. The van der Waals surface area contributed by atoms with Gasteiger partial charge in [-0.15, -0.1) is 0 Å². The number of carbonyl (C=O) groups is 3. The highest BCUT2D eigenvalue weighted by molar-refractivity contribution is 6.04. The monoisotopic (exact) mass is 607 g/mol. The van der Waals surface area contributed by atoms with Crippen LogP contribution < -0.4 is 9.64 Å². The minimum Gasteiger partial charge on any atom is -0.494 e. The maximum atomic E-state index is 14.8.